The van der Waals surface area contributed by atoms with E-state index in [1.165, 1.54) is 12.0 Å². The van der Waals surface area contributed by atoms with Crippen molar-refractivity contribution in [2.24, 2.45) is 0 Å². The molecule has 0 radical (unpaired) electrons. The van der Waals surface area contributed by atoms with Crippen molar-refractivity contribution >= 4 is 17.3 Å². The Morgan fingerprint density at radius 1 is 0.960 bits per heavy atom. The van der Waals surface area contributed by atoms with Crippen molar-refractivity contribution in [3.8, 4) is 0 Å². The van der Waals surface area contributed by atoms with Crippen LogP contribution >= 0.6 is 0 Å². The Balaban J connectivity index is 1.65. The highest BCUT2D eigenvalue weighted by Gasteiger charge is 2.19. The standard InChI is InChI=1S/C21H27N3O/c1-21(2,3)16-7-9-17(10-8-16)23-18-11-12-19(22-15-18)20(25)24-13-5-4-6-14-24/h7-12,15,23H,4-6,13-14H2,1-3H3. The molecule has 0 spiro atoms. The van der Waals surface area contributed by atoms with E-state index in [0.29, 0.717) is 5.69 Å². The van der Waals surface area contributed by atoms with Crippen LogP contribution in [0.4, 0.5) is 11.4 Å². The monoisotopic (exact) mass is 337 g/mol. The maximum atomic E-state index is 12.4. The third kappa shape index (κ3) is 4.38. The van der Waals surface area contributed by atoms with Crippen LogP contribution in [-0.4, -0.2) is 28.9 Å². The molecule has 4 nitrogen and oxygen atoms in total. The van der Waals surface area contributed by atoms with Crippen molar-refractivity contribution in [1.29, 1.82) is 0 Å². The van der Waals surface area contributed by atoms with Gasteiger partial charge in [0.25, 0.3) is 5.91 Å². The zero-order valence-electron chi connectivity index (χ0n) is 15.4. The molecule has 1 aliphatic heterocycles. The van der Waals surface area contributed by atoms with Crippen molar-refractivity contribution < 1.29 is 4.79 Å². The normalized spacial score (nSPS) is 15.1. The number of aromatic nitrogens is 1. The predicted molar refractivity (Wildman–Crippen MR) is 102 cm³/mol. The number of nitrogens with zero attached hydrogens (tertiary/aromatic N) is 2. The fourth-order valence-corrected chi connectivity index (χ4v) is 3.07. The van der Waals surface area contributed by atoms with E-state index in [4.69, 9.17) is 0 Å². The number of hydrogen-bond acceptors (Lipinski definition) is 3. The summed E-state index contributed by atoms with van der Waals surface area (Å²) in [5.74, 6) is 0.0424. The van der Waals surface area contributed by atoms with Gasteiger partial charge in [0.15, 0.2) is 0 Å². The number of pyridine rings is 1. The van der Waals surface area contributed by atoms with Gasteiger partial charge in [0.05, 0.1) is 11.9 Å². The molecule has 1 fully saturated rings. The Bertz CT molecular complexity index is 708. The molecule has 1 aromatic heterocycles. The van der Waals surface area contributed by atoms with Crippen LogP contribution in [0, 0.1) is 0 Å². The zero-order chi connectivity index (χ0) is 17.9. The molecule has 0 unspecified atom stereocenters. The molecule has 3 rings (SSSR count). The highest BCUT2D eigenvalue weighted by molar-refractivity contribution is 5.92. The Morgan fingerprint density at radius 2 is 1.60 bits per heavy atom. The summed E-state index contributed by atoms with van der Waals surface area (Å²) in [5, 5.41) is 3.34. The van der Waals surface area contributed by atoms with Gasteiger partial charge in [0, 0.05) is 18.8 Å². The smallest absolute Gasteiger partial charge is 0.272 e. The van der Waals surface area contributed by atoms with Gasteiger partial charge in [-0.3, -0.25) is 4.79 Å². The van der Waals surface area contributed by atoms with Crippen LogP contribution in [-0.2, 0) is 5.41 Å². The van der Waals surface area contributed by atoms with Crippen LogP contribution < -0.4 is 5.32 Å². The lowest BCUT2D eigenvalue weighted by molar-refractivity contribution is 0.0718. The predicted octanol–water partition coefficient (Wildman–Crippen LogP) is 4.75. The van der Waals surface area contributed by atoms with E-state index in [1.807, 2.05) is 17.0 Å². The topological polar surface area (TPSA) is 45.2 Å². The van der Waals surface area contributed by atoms with Gasteiger partial charge >= 0.3 is 0 Å². The summed E-state index contributed by atoms with van der Waals surface area (Å²) in [7, 11) is 0. The summed E-state index contributed by atoms with van der Waals surface area (Å²) in [6.07, 6.45) is 5.13. The summed E-state index contributed by atoms with van der Waals surface area (Å²) >= 11 is 0. The van der Waals surface area contributed by atoms with Crippen LogP contribution in [0.2, 0.25) is 0 Å². The maximum Gasteiger partial charge on any atom is 0.272 e. The Morgan fingerprint density at radius 3 is 2.16 bits per heavy atom. The van der Waals surface area contributed by atoms with Crippen molar-refractivity contribution in [2.75, 3.05) is 18.4 Å². The van der Waals surface area contributed by atoms with E-state index in [2.05, 4.69) is 55.3 Å². The molecule has 0 aliphatic carbocycles. The second-order valence-corrected chi connectivity index (χ2v) is 7.74. The summed E-state index contributed by atoms with van der Waals surface area (Å²) in [5.41, 5.74) is 3.88. The van der Waals surface area contributed by atoms with Gasteiger partial charge < -0.3 is 10.2 Å². The third-order valence-corrected chi connectivity index (χ3v) is 4.67. The van der Waals surface area contributed by atoms with Crippen molar-refractivity contribution in [3.63, 3.8) is 0 Å². The van der Waals surface area contributed by atoms with Crippen LogP contribution in [0.3, 0.4) is 0 Å². The molecule has 1 aliphatic rings. The quantitative estimate of drug-likeness (QED) is 0.879. The number of rotatable bonds is 3. The highest BCUT2D eigenvalue weighted by atomic mass is 16.2. The average Bonchev–Trinajstić information content (AvgIpc) is 2.62. The number of amides is 1. The van der Waals surface area contributed by atoms with Crippen molar-refractivity contribution in [1.82, 2.24) is 9.88 Å². The van der Waals surface area contributed by atoms with Gasteiger partial charge in [-0.05, 0) is 54.5 Å². The molecule has 2 heterocycles. The Labute approximate surface area is 150 Å². The lowest BCUT2D eigenvalue weighted by atomic mass is 9.87. The van der Waals surface area contributed by atoms with E-state index >= 15 is 0 Å². The third-order valence-electron chi connectivity index (χ3n) is 4.67. The minimum Gasteiger partial charge on any atom is -0.354 e. The first kappa shape index (κ1) is 17.5. The molecule has 0 saturated carbocycles. The van der Waals surface area contributed by atoms with Gasteiger partial charge in [-0.15, -0.1) is 0 Å². The number of hydrogen-bond donors (Lipinski definition) is 1. The van der Waals surface area contributed by atoms with E-state index in [-0.39, 0.29) is 11.3 Å². The van der Waals surface area contributed by atoms with E-state index in [0.717, 1.165) is 37.3 Å². The van der Waals surface area contributed by atoms with Crippen molar-refractivity contribution in [3.05, 3.63) is 53.9 Å². The minimum absolute atomic E-state index is 0.0424. The summed E-state index contributed by atoms with van der Waals surface area (Å²) in [6, 6.07) is 12.2. The molecule has 1 aromatic carbocycles. The molecule has 2 aromatic rings. The number of nitrogens with one attached hydrogen (secondary N) is 1. The molecule has 4 heteroatoms. The zero-order valence-corrected chi connectivity index (χ0v) is 15.4. The van der Waals surface area contributed by atoms with E-state index < -0.39 is 0 Å². The van der Waals surface area contributed by atoms with E-state index in [1.54, 1.807) is 6.20 Å². The second-order valence-electron chi connectivity index (χ2n) is 7.74. The number of carbonyl (C=O) groups excluding carboxylic acids is 1. The molecule has 0 atom stereocenters. The largest absolute Gasteiger partial charge is 0.354 e. The molecule has 1 amide bonds. The van der Waals surface area contributed by atoms with Gasteiger partial charge in [-0.2, -0.15) is 0 Å². The number of carbonyl (C=O) groups is 1. The van der Waals surface area contributed by atoms with Crippen LogP contribution in [0.5, 0.6) is 0 Å². The molecular weight excluding hydrogens is 310 g/mol. The summed E-state index contributed by atoms with van der Waals surface area (Å²) in [4.78, 5) is 18.7. The second kappa shape index (κ2) is 7.26. The first-order valence-electron chi connectivity index (χ1n) is 9.06. The SMILES string of the molecule is CC(C)(C)c1ccc(Nc2ccc(C(=O)N3CCCCC3)nc2)cc1. The van der Waals surface area contributed by atoms with E-state index in [9.17, 15) is 4.79 Å². The van der Waals surface area contributed by atoms with Crippen LogP contribution in [0.25, 0.3) is 0 Å². The molecule has 0 bridgehead atoms. The number of likely N-dealkylation sites (tertiary alicyclic amines) is 1. The summed E-state index contributed by atoms with van der Waals surface area (Å²) < 4.78 is 0. The van der Waals surface area contributed by atoms with Crippen LogP contribution in [0.1, 0.15) is 56.1 Å². The fourth-order valence-electron chi connectivity index (χ4n) is 3.07. The van der Waals surface area contributed by atoms with Gasteiger partial charge in [0.2, 0.25) is 0 Å². The van der Waals surface area contributed by atoms with Gasteiger partial charge in [-0.1, -0.05) is 32.9 Å². The molecular formula is C21H27N3O. The Hall–Kier alpha value is -2.36. The van der Waals surface area contributed by atoms with Crippen LogP contribution in [0.15, 0.2) is 42.6 Å². The number of anilines is 2. The first-order valence-corrected chi connectivity index (χ1v) is 9.06. The first-order chi connectivity index (χ1) is 11.9. The highest BCUT2D eigenvalue weighted by Crippen LogP contribution is 2.25. The molecule has 132 valence electrons. The maximum absolute atomic E-state index is 12.4. The molecule has 1 N–H and O–H groups in total. The number of piperidine rings is 1. The van der Waals surface area contributed by atoms with Crippen molar-refractivity contribution in [2.45, 2.75) is 45.4 Å². The lowest BCUT2D eigenvalue weighted by Gasteiger charge is -2.26. The van der Waals surface area contributed by atoms with Gasteiger partial charge in [-0.25, -0.2) is 4.98 Å². The fraction of sp³-hybridized carbons (Fsp3) is 0.429. The molecule has 25 heavy (non-hydrogen) atoms. The average molecular weight is 337 g/mol. The number of benzene rings is 1. The Kier molecular flexibility index (Phi) is 5.07. The van der Waals surface area contributed by atoms with Gasteiger partial charge in [0.1, 0.15) is 5.69 Å². The summed E-state index contributed by atoms with van der Waals surface area (Å²) in [6.45, 7) is 8.31. The lowest BCUT2D eigenvalue weighted by Crippen LogP contribution is -2.36. The minimum atomic E-state index is 0.0424. The molecule has 1 saturated heterocycles.